The van der Waals surface area contributed by atoms with Gasteiger partial charge in [0.25, 0.3) is 11.8 Å². The van der Waals surface area contributed by atoms with Gasteiger partial charge in [-0.25, -0.2) is 0 Å². The minimum atomic E-state index is -0.188. The van der Waals surface area contributed by atoms with Crippen LogP contribution in [0, 0.1) is 5.92 Å². The summed E-state index contributed by atoms with van der Waals surface area (Å²) in [5, 5.41) is 5.69. The number of rotatable bonds is 7. The second-order valence-corrected chi connectivity index (χ2v) is 6.02. The molecule has 1 aromatic carbocycles. The second-order valence-electron chi connectivity index (χ2n) is 6.02. The van der Waals surface area contributed by atoms with E-state index in [0.717, 1.165) is 12.1 Å². The van der Waals surface area contributed by atoms with Crippen LogP contribution in [0.5, 0.6) is 0 Å². The van der Waals surface area contributed by atoms with Crippen LogP contribution in [0.2, 0.25) is 0 Å². The van der Waals surface area contributed by atoms with Gasteiger partial charge >= 0.3 is 0 Å². The van der Waals surface area contributed by atoms with Gasteiger partial charge in [-0.2, -0.15) is 0 Å². The molecule has 0 saturated heterocycles. The summed E-state index contributed by atoms with van der Waals surface area (Å²) in [6.45, 7) is 5.26. The average molecular weight is 325 g/mol. The molecule has 0 saturated carbocycles. The zero-order valence-electron chi connectivity index (χ0n) is 14.1. The molecule has 0 atom stereocenters. The minimum Gasteiger partial charge on any atom is -0.352 e. The first-order valence-electron chi connectivity index (χ1n) is 8.12. The molecule has 0 unspecified atom stereocenters. The summed E-state index contributed by atoms with van der Waals surface area (Å²) >= 11 is 0. The van der Waals surface area contributed by atoms with Gasteiger partial charge in [-0.1, -0.05) is 19.9 Å². The topological polar surface area (TPSA) is 71.1 Å². The molecule has 0 bridgehead atoms. The van der Waals surface area contributed by atoms with E-state index < -0.39 is 0 Å². The Bertz CT molecular complexity index is 667. The number of carbonyl (C=O) groups is 2. The van der Waals surface area contributed by atoms with E-state index in [-0.39, 0.29) is 11.8 Å². The molecule has 24 heavy (non-hydrogen) atoms. The standard InChI is InChI=1S/C19H23N3O2/c1-14(2)10-12-21-18(23)15-6-8-16(9-7-15)19(24)22-13-17-5-3-4-11-20-17/h3-9,11,14H,10,12-13H2,1-2H3,(H,21,23)(H,22,24). The minimum absolute atomic E-state index is 0.115. The van der Waals surface area contributed by atoms with E-state index in [4.69, 9.17) is 0 Å². The molecule has 1 aromatic heterocycles. The van der Waals surface area contributed by atoms with Crippen molar-refractivity contribution in [2.45, 2.75) is 26.8 Å². The van der Waals surface area contributed by atoms with Crippen molar-refractivity contribution < 1.29 is 9.59 Å². The molecule has 0 fully saturated rings. The van der Waals surface area contributed by atoms with Crippen molar-refractivity contribution in [1.82, 2.24) is 15.6 Å². The highest BCUT2D eigenvalue weighted by molar-refractivity contribution is 5.97. The average Bonchev–Trinajstić information content (AvgIpc) is 2.60. The first kappa shape index (κ1) is 17.7. The maximum atomic E-state index is 12.1. The van der Waals surface area contributed by atoms with Crippen LogP contribution in [0.3, 0.4) is 0 Å². The Hall–Kier alpha value is -2.69. The van der Waals surface area contributed by atoms with Crippen molar-refractivity contribution in [2.24, 2.45) is 5.92 Å². The van der Waals surface area contributed by atoms with Crippen LogP contribution in [0.15, 0.2) is 48.7 Å². The quantitative estimate of drug-likeness (QED) is 0.822. The molecule has 1 heterocycles. The highest BCUT2D eigenvalue weighted by Gasteiger charge is 2.09. The van der Waals surface area contributed by atoms with Gasteiger partial charge < -0.3 is 10.6 Å². The van der Waals surface area contributed by atoms with E-state index >= 15 is 0 Å². The molecule has 5 nitrogen and oxygen atoms in total. The maximum absolute atomic E-state index is 12.1. The Balaban J connectivity index is 1.86. The summed E-state index contributed by atoms with van der Waals surface area (Å²) in [6, 6.07) is 12.2. The zero-order chi connectivity index (χ0) is 17.4. The fourth-order valence-corrected chi connectivity index (χ4v) is 2.13. The smallest absolute Gasteiger partial charge is 0.251 e. The Morgan fingerprint density at radius 2 is 1.58 bits per heavy atom. The third kappa shape index (κ3) is 5.50. The van der Waals surface area contributed by atoms with E-state index in [2.05, 4.69) is 29.5 Å². The predicted molar refractivity (Wildman–Crippen MR) is 93.6 cm³/mol. The van der Waals surface area contributed by atoms with Crippen LogP contribution in [0.4, 0.5) is 0 Å². The lowest BCUT2D eigenvalue weighted by Crippen LogP contribution is -2.26. The normalized spacial score (nSPS) is 10.5. The van der Waals surface area contributed by atoms with Crippen molar-refractivity contribution in [2.75, 3.05) is 6.54 Å². The van der Waals surface area contributed by atoms with Crippen LogP contribution in [0.25, 0.3) is 0 Å². The van der Waals surface area contributed by atoms with Crippen LogP contribution >= 0.6 is 0 Å². The van der Waals surface area contributed by atoms with Gasteiger partial charge in [0.05, 0.1) is 12.2 Å². The lowest BCUT2D eigenvalue weighted by atomic mass is 10.1. The molecule has 5 heteroatoms. The molecular weight excluding hydrogens is 302 g/mol. The van der Waals surface area contributed by atoms with Crippen molar-refractivity contribution in [1.29, 1.82) is 0 Å². The Kier molecular flexibility index (Phi) is 6.49. The number of hydrogen-bond acceptors (Lipinski definition) is 3. The number of aromatic nitrogens is 1. The first-order chi connectivity index (χ1) is 11.6. The molecule has 0 aliphatic carbocycles. The maximum Gasteiger partial charge on any atom is 0.251 e. The van der Waals surface area contributed by atoms with Gasteiger partial charge in [0.2, 0.25) is 0 Å². The summed E-state index contributed by atoms with van der Waals surface area (Å²) in [6.07, 6.45) is 2.63. The van der Waals surface area contributed by atoms with Crippen molar-refractivity contribution in [3.63, 3.8) is 0 Å². The van der Waals surface area contributed by atoms with E-state index in [0.29, 0.717) is 30.1 Å². The van der Waals surface area contributed by atoms with Gasteiger partial charge in [0.1, 0.15) is 0 Å². The van der Waals surface area contributed by atoms with E-state index in [1.165, 1.54) is 0 Å². The predicted octanol–water partition coefficient (Wildman–Crippen LogP) is 2.79. The van der Waals surface area contributed by atoms with Gasteiger partial charge in [-0.15, -0.1) is 0 Å². The Labute approximate surface area is 142 Å². The highest BCUT2D eigenvalue weighted by Crippen LogP contribution is 2.06. The fraction of sp³-hybridized carbons (Fsp3) is 0.316. The SMILES string of the molecule is CC(C)CCNC(=O)c1ccc(C(=O)NCc2ccccn2)cc1. The number of nitrogens with one attached hydrogen (secondary N) is 2. The van der Waals surface area contributed by atoms with Crippen molar-refractivity contribution in [3.05, 3.63) is 65.5 Å². The molecule has 0 spiro atoms. The molecule has 0 aliphatic heterocycles. The first-order valence-corrected chi connectivity index (χ1v) is 8.12. The second kappa shape index (κ2) is 8.82. The molecule has 2 rings (SSSR count). The van der Waals surface area contributed by atoms with E-state index in [1.807, 2.05) is 18.2 Å². The Morgan fingerprint density at radius 1 is 0.958 bits per heavy atom. The van der Waals surface area contributed by atoms with Gasteiger partial charge in [-0.05, 0) is 48.7 Å². The number of carbonyl (C=O) groups excluding carboxylic acids is 2. The molecule has 2 N–H and O–H groups in total. The summed E-state index contributed by atoms with van der Waals surface area (Å²) < 4.78 is 0. The van der Waals surface area contributed by atoms with Gasteiger partial charge in [0.15, 0.2) is 0 Å². The summed E-state index contributed by atoms with van der Waals surface area (Å²) in [5.41, 5.74) is 1.87. The molecule has 126 valence electrons. The van der Waals surface area contributed by atoms with E-state index in [9.17, 15) is 9.59 Å². The van der Waals surface area contributed by atoms with Crippen molar-refractivity contribution in [3.8, 4) is 0 Å². The monoisotopic (exact) mass is 325 g/mol. The number of nitrogens with zero attached hydrogens (tertiary/aromatic N) is 1. The summed E-state index contributed by atoms with van der Waals surface area (Å²) in [7, 11) is 0. The zero-order valence-corrected chi connectivity index (χ0v) is 14.1. The van der Waals surface area contributed by atoms with E-state index in [1.54, 1.807) is 30.5 Å². The number of benzene rings is 1. The molecule has 0 radical (unpaired) electrons. The molecule has 2 aromatic rings. The van der Waals surface area contributed by atoms with Crippen molar-refractivity contribution >= 4 is 11.8 Å². The number of pyridine rings is 1. The molecule has 0 aliphatic rings. The van der Waals surface area contributed by atoms with Gasteiger partial charge in [-0.3, -0.25) is 14.6 Å². The highest BCUT2D eigenvalue weighted by atomic mass is 16.2. The lowest BCUT2D eigenvalue weighted by Gasteiger charge is -2.08. The fourth-order valence-electron chi connectivity index (χ4n) is 2.13. The third-order valence-corrected chi connectivity index (χ3v) is 3.57. The lowest BCUT2D eigenvalue weighted by molar-refractivity contribution is 0.0939. The largest absolute Gasteiger partial charge is 0.352 e. The van der Waals surface area contributed by atoms with Crippen LogP contribution in [-0.2, 0) is 6.54 Å². The van der Waals surface area contributed by atoms with Crippen LogP contribution in [-0.4, -0.2) is 23.3 Å². The number of hydrogen-bond donors (Lipinski definition) is 2. The molecule has 2 amide bonds. The van der Waals surface area contributed by atoms with Crippen LogP contribution in [0.1, 0.15) is 46.7 Å². The van der Waals surface area contributed by atoms with Gasteiger partial charge in [0, 0.05) is 23.9 Å². The summed E-state index contributed by atoms with van der Waals surface area (Å²) in [4.78, 5) is 28.3. The van der Waals surface area contributed by atoms with Crippen LogP contribution < -0.4 is 10.6 Å². The third-order valence-electron chi connectivity index (χ3n) is 3.57. The number of amides is 2. The summed E-state index contributed by atoms with van der Waals surface area (Å²) in [5.74, 6) is 0.249. The Morgan fingerprint density at radius 3 is 2.12 bits per heavy atom. The molecular formula is C19H23N3O2.